The van der Waals surface area contributed by atoms with Gasteiger partial charge in [0.25, 0.3) is 0 Å². The van der Waals surface area contributed by atoms with Crippen LogP contribution in [0.4, 0.5) is 0 Å². The second-order valence-corrected chi connectivity index (χ2v) is 5.50. The number of halogens is 1. The Morgan fingerprint density at radius 1 is 1.40 bits per heavy atom. The molecule has 1 aromatic carbocycles. The van der Waals surface area contributed by atoms with Gasteiger partial charge in [-0.1, -0.05) is 22.0 Å². The lowest BCUT2D eigenvalue weighted by molar-refractivity contribution is -0.136. The normalized spacial score (nSPS) is 18.9. The van der Waals surface area contributed by atoms with Gasteiger partial charge in [-0.3, -0.25) is 4.79 Å². The Labute approximate surface area is 98.4 Å². The lowest BCUT2D eigenvalue weighted by Gasteiger charge is -2.37. The van der Waals surface area contributed by atoms with Crippen molar-refractivity contribution < 1.29 is 4.79 Å². The summed E-state index contributed by atoms with van der Waals surface area (Å²) in [6, 6.07) is 6.17. The molecule has 0 saturated heterocycles. The molecule has 0 spiro atoms. The van der Waals surface area contributed by atoms with Gasteiger partial charge in [-0.05, 0) is 37.1 Å². The van der Waals surface area contributed by atoms with E-state index < -0.39 is 5.41 Å². The molecule has 80 valence electrons. The molecule has 0 aliphatic carbocycles. The summed E-state index contributed by atoms with van der Waals surface area (Å²) in [5.74, 6) is 0.188. The molecule has 15 heavy (non-hydrogen) atoms. The van der Waals surface area contributed by atoms with Gasteiger partial charge in [0.15, 0.2) is 0 Å². The summed E-state index contributed by atoms with van der Waals surface area (Å²) in [6.07, 6.45) is 0. The molecular formula is C12H14BrNO. The highest BCUT2D eigenvalue weighted by Crippen LogP contribution is 2.35. The van der Waals surface area contributed by atoms with E-state index in [1.54, 1.807) is 4.90 Å². The van der Waals surface area contributed by atoms with Crippen molar-refractivity contribution in [3.05, 3.63) is 33.8 Å². The first kappa shape index (κ1) is 10.7. The summed E-state index contributed by atoms with van der Waals surface area (Å²) in [5.41, 5.74) is 1.97. The number of carbonyl (C=O) groups is 1. The van der Waals surface area contributed by atoms with Crippen LogP contribution < -0.4 is 0 Å². The Hall–Kier alpha value is -0.830. The molecule has 2 rings (SSSR count). The highest BCUT2D eigenvalue weighted by molar-refractivity contribution is 9.10. The Morgan fingerprint density at radius 3 is 2.73 bits per heavy atom. The van der Waals surface area contributed by atoms with Crippen LogP contribution in [0.25, 0.3) is 0 Å². The van der Waals surface area contributed by atoms with Crippen LogP contribution in [0.3, 0.4) is 0 Å². The molecule has 3 heteroatoms. The maximum Gasteiger partial charge on any atom is 0.232 e. The predicted molar refractivity (Wildman–Crippen MR) is 63.6 cm³/mol. The average molecular weight is 268 g/mol. The van der Waals surface area contributed by atoms with E-state index >= 15 is 0 Å². The molecule has 1 heterocycles. The minimum atomic E-state index is -0.411. The number of amides is 1. The van der Waals surface area contributed by atoms with Gasteiger partial charge >= 0.3 is 0 Å². The van der Waals surface area contributed by atoms with Crippen molar-refractivity contribution in [2.75, 3.05) is 7.05 Å². The zero-order chi connectivity index (χ0) is 11.2. The lowest BCUT2D eigenvalue weighted by Crippen LogP contribution is -2.45. The van der Waals surface area contributed by atoms with Crippen molar-refractivity contribution >= 4 is 21.8 Å². The number of carbonyl (C=O) groups excluding carboxylic acids is 1. The van der Waals surface area contributed by atoms with Gasteiger partial charge in [-0.2, -0.15) is 0 Å². The van der Waals surface area contributed by atoms with Gasteiger partial charge in [-0.25, -0.2) is 0 Å². The van der Waals surface area contributed by atoms with E-state index in [0.29, 0.717) is 6.54 Å². The number of hydrogen-bond acceptors (Lipinski definition) is 1. The van der Waals surface area contributed by atoms with Crippen LogP contribution in [0.15, 0.2) is 22.7 Å². The number of rotatable bonds is 0. The van der Waals surface area contributed by atoms with Crippen LogP contribution >= 0.6 is 15.9 Å². The molecule has 1 amide bonds. The average Bonchev–Trinajstić information content (AvgIpc) is 2.17. The second kappa shape index (κ2) is 3.34. The molecule has 1 aromatic rings. The topological polar surface area (TPSA) is 20.3 Å². The summed E-state index contributed by atoms with van der Waals surface area (Å²) in [7, 11) is 1.86. The van der Waals surface area contributed by atoms with E-state index in [4.69, 9.17) is 0 Å². The molecule has 0 aromatic heterocycles. The third-order valence-electron chi connectivity index (χ3n) is 3.03. The van der Waals surface area contributed by atoms with Gasteiger partial charge in [0.05, 0.1) is 5.41 Å². The fourth-order valence-electron chi connectivity index (χ4n) is 2.19. The molecule has 0 saturated carbocycles. The van der Waals surface area contributed by atoms with E-state index in [2.05, 4.69) is 28.1 Å². The molecule has 2 nitrogen and oxygen atoms in total. The van der Waals surface area contributed by atoms with Gasteiger partial charge in [0, 0.05) is 18.1 Å². The highest BCUT2D eigenvalue weighted by atomic mass is 79.9. The first-order valence-corrected chi connectivity index (χ1v) is 5.76. The number of benzene rings is 1. The molecule has 0 bridgehead atoms. The monoisotopic (exact) mass is 267 g/mol. The largest absolute Gasteiger partial charge is 0.341 e. The second-order valence-electron chi connectivity index (χ2n) is 4.59. The van der Waals surface area contributed by atoms with Gasteiger partial charge in [0.2, 0.25) is 5.91 Å². The summed E-state index contributed by atoms with van der Waals surface area (Å²) in [4.78, 5) is 13.8. The minimum Gasteiger partial charge on any atom is -0.341 e. The summed E-state index contributed by atoms with van der Waals surface area (Å²) in [5, 5.41) is 0. The van der Waals surface area contributed by atoms with Crippen LogP contribution in [-0.2, 0) is 16.8 Å². The van der Waals surface area contributed by atoms with Crippen molar-refractivity contribution in [1.82, 2.24) is 4.90 Å². The van der Waals surface area contributed by atoms with E-state index in [1.807, 2.05) is 27.0 Å². The van der Waals surface area contributed by atoms with Crippen LogP contribution in [0.5, 0.6) is 0 Å². The molecule has 0 atom stereocenters. The Morgan fingerprint density at radius 2 is 2.07 bits per heavy atom. The molecular weight excluding hydrogens is 254 g/mol. The standard InChI is InChI=1S/C12H14BrNO/c1-12(2)10-6-9(13)5-4-8(10)7-14(3)11(12)15/h4-6H,7H2,1-3H3. The highest BCUT2D eigenvalue weighted by Gasteiger charge is 2.38. The number of fused-ring (bicyclic) bond motifs is 1. The maximum atomic E-state index is 12.0. The minimum absolute atomic E-state index is 0.188. The third kappa shape index (κ3) is 1.59. The number of likely N-dealkylation sites (N-methyl/N-ethyl adjacent to an activating group) is 1. The van der Waals surface area contributed by atoms with Crippen molar-refractivity contribution in [2.45, 2.75) is 25.8 Å². The Kier molecular flexibility index (Phi) is 2.38. The van der Waals surface area contributed by atoms with Crippen molar-refractivity contribution in [3.8, 4) is 0 Å². The van der Waals surface area contributed by atoms with Gasteiger partial charge in [-0.15, -0.1) is 0 Å². The fraction of sp³-hybridized carbons (Fsp3) is 0.417. The molecule has 0 fully saturated rings. The summed E-state index contributed by atoms with van der Waals surface area (Å²) < 4.78 is 1.03. The quantitative estimate of drug-likeness (QED) is 0.708. The van der Waals surface area contributed by atoms with Crippen LogP contribution in [0.2, 0.25) is 0 Å². The number of hydrogen-bond donors (Lipinski definition) is 0. The zero-order valence-corrected chi connectivity index (χ0v) is 10.8. The third-order valence-corrected chi connectivity index (χ3v) is 3.53. The van der Waals surface area contributed by atoms with Crippen LogP contribution in [-0.4, -0.2) is 17.9 Å². The lowest BCUT2D eigenvalue weighted by atomic mass is 9.78. The van der Waals surface area contributed by atoms with Crippen LogP contribution in [0.1, 0.15) is 25.0 Å². The fourth-order valence-corrected chi connectivity index (χ4v) is 2.55. The summed E-state index contributed by atoms with van der Waals surface area (Å²) in [6.45, 7) is 4.68. The SMILES string of the molecule is CN1Cc2ccc(Br)cc2C(C)(C)C1=O. The zero-order valence-electron chi connectivity index (χ0n) is 9.17. The Bertz CT molecular complexity index is 426. The molecule has 1 aliphatic heterocycles. The smallest absolute Gasteiger partial charge is 0.232 e. The van der Waals surface area contributed by atoms with Crippen molar-refractivity contribution in [3.63, 3.8) is 0 Å². The van der Waals surface area contributed by atoms with E-state index in [9.17, 15) is 4.79 Å². The van der Waals surface area contributed by atoms with Crippen molar-refractivity contribution in [1.29, 1.82) is 0 Å². The predicted octanol–water partition coefficient (Wildman–Crippen LogP) is 2.70. The van der Waals surface area contributed by atoms with Gasteiger partial charge < -0.3 is 4.90 Å². The molecule has 0 radical (unpaired) electrons. The first-order chi connectivity index (χ1) is 6.93. The molecule has 1 aliphatic rings. The van der Waals surface area contributed by atoms with E-state index in [0.717, 1.165) is 10.0 Å². The number of nitrogens with zero attached hydrogens (tertiary/aromatic N) is 1. The summed E-state index contributed by atoms with van der Waals surface area (Å²) >= 11 is 3.45. The maximum absolute atomic E-state index is 12.0. The van der Waals surface area contributed by atoms with Crippen molar-refractivity contribution in [2.24, 2.45) is 0 Å². The molecule has 0 N–H and O–H groups in total. The first-order valence-electron chi connectivity index (χ1n) is 4.97. The van der Waals surface area contributed by atoms with Gasteiger partial charge in [0.1, 0.15) is 0 Å². The van der Waals surface area contributed by atoms with E-state index in [-0.39, 0.29) is 5.91 Å². The Balaban J connectivity index is 2.62. The van der Waals surface area contributed by atoms with Crippen LogP contribution in [0, 0.1) is 0 Å². The molecule has 0 unspecified atom stereocenters. The van der Waals surface area contributed by atoms with E-state index in [1.165, 1.54) is 5.56 Å².